The number of carbonyl (C=O) groups excluding carboxylic acids is 1. The summed E-state index contributed by atoms with van der Waals surface area (Å²) >= 11 is 0. The van der Waals surface area contributed by atoms with Crippen molar-refractivity contribution in [3.63, 3.8) is 0 Å². The van der Waals surface area contributed by atoms with Gasteiger partial charge in [0.1, 0.15) is 11.9 Å². The normalized spacial score (nSPS) is 16.8. The lowest BCUT2D eigenvalue weighted by atomic mass is 9.93. The number of carboxylic acid groups (broad SMARTS) is 1. The summed E-state index contributed by atoms with van der Waals surface area (Å²) in [5.41, 5.74) is 3.64. The van der Waals surface area contributed by atoms with Gasteiger partial charge in [-0.1, -0.05) is 18.2 Å². The third-order valence-corrected chi connectivity index (χ3v) is 3.88. The Morgan fingerprint density at radius 1 is 1.18 bits per heavy atom. The molecule has 0 saturated heterocycles. The molecule has 3 rings (SSSR count). The van der Waals surface area contributed by atoms with Crippen LogP contribution in [0.3, 0.4) is 0 Å². The van der Waals surface area contributed by atoms with Crippen molar-refractivity contribution >= 4 is 11.8 Å². The van der Waals surface area contributed by atoms with Gasteiger partial charge >= 0.3 is 5.97 Å². The summed E-state index contributed by atoms with van der Waals surface area (Å²) in [6.07, 6.45) is -0.105. The molecule has 1 atom stereocenters. The topological polar surface area (TPSA) is 63.6 Å². The Hall–Kier alpha value is -2.62. The standard InChI is InChI=1S/C18H16O4/c1-10-7-11(2)17-14(8-10)15(19)9-16(22-17)12-3-5-13(6-4-12)18(20)21/h3-8,16H,9H2,1-2H3,(H,20,21). The first-order valence-electron chi connectivity index (χ1n) is 7.10. The maximum atomic E-state index is 12.4. The molecule has 1 aliphatic heterocycles. The number of aromatic carboxylic acids is 1. The number of ether oxygens (including phenoxy) is 1. The minimum atomic E-state index is -0.969. The predicted octanol–water partition coefficient (Wildman–Crippen LogP) is 3.71. The van der Waals surface area contributed by atoms with Crippen LogP contribution in [-0.4, -0.2) is 16.9 Å². The van der Waals surface area contributed by atoms with Crippen LogP contribution in [0.4, 0.5) is 0 Å². The number of ketones is 1. The second kappa shape index (κ2) is 5.30. The molecule has 0 radical (unpaired) electrons. The van der Waals surface area contributed by atoms with Crippen molar-refractivity contribution in [2.45, 2.75) is 26.4 Å². The third-order valence-electron chi connectivity index (χ3n) is 3.88. The highest BCUT2D eigenvalue weighted by molar-refractivity contribution is 6.00. The molecular formula is C18H16O4. The van der Waals surface area contributed by atoms with E-state index in [0.29, 0.717) is 11.3 Å². The van der Waals surface area contributed by atoms with Crippen LogP contribution in [0, 0.1) is 13.8 Å². The van der Waals surface area contributed by atoms with Crippen molar-refractivity contribution < 1.29 is 19.4 Å². The van der Waals surface area contributed by atoms with Crippen LogP contribution in [0.5, 0.6) is 5.75 Å². The fourth-order valence-electron chi connectivity index (χ4n) is 2.81. The zero-order chi connectivity index (χ0) is 15.9. The summed E-state index contributed by atoms with van der Waals surface area (Å²) < 4.78 is 6.01. The largest absolute Gasteiger partial charge is 0.484 e. The highest BCUT2D eigenvalue weighted by Gasteiger charge is 2.29. The number of carboxylic acids is 1. The van der Waals surface area contributed by atoms with Gasteiger partial charge in [0.05, 0.1) is 17.5 Å². The first-order chi connectivity index (χ1) is 10.5. The van der Waals surface area contributed by atoms with Gasteiger partial charge in [-0.25, -0.2) is 4.79 Å². The van der Waals surface area contributed by atoms with Crippen LogP contribution in [-0.2, 0) is 0 Å². The van der Waals surface area contributed by atoms with Crippen LogP contribution < -0.4 is 4.74 Å². The second-order valence-corrected chi connectivity index (χ2v) is 5.62. The molecule has 1 unspecified atom stereocenters. The molecule has 0 fully saturated rings. The summed E-state index contributed by atoms with van der Waals surface area (Å²) in [5.74, 6) is -0.279. The van der Waals surface area contributed by atoms with E-state index in [1.807, 2.05) is 26.0 Å². The number of rotatable bonds is 2. The number of Topliss-reactive ketones (excluding diaryl/α,β-unsaturated/α-hetero) is 1. The first-order valence-corrected chi connectivity index (χ1v) is 7.10. The van der Waals surface area contributed by atoms with E-state index < -0.39 is 5.97 Å². The highest BCUT2D eigenvalue weighted by atomic mass is 16.5. The number of aryl methyl sites for hydroxylation is 2. The Kier molecular flexibility index (Phi) is 3.45. The molecular weight excluding hydrogens is 280 g/mol. The van der Waals surface area contributed by atoms with Gasteiger partial charge in [-0.2, -0.15) is 0 Å². The van der Waals surface area contributed by atoms with E-state index in [2.05, 4.69) is 0 Å². The van der Waals surface area contributed by atoms with E-state index in [9.17, 15) is 9.59 Å². The van der Waals surface area contributed by atoms with Gasteiger partial charge in [0.15, 0.2) is 5.78 Å². The van der Waals surface area contributed by atoms with Gasteiger partial charge in [-0.15, -0.1) is 0 Å². The Bertz CT molecular complexity index is 759. The van der Waals surface area contributed by atoms with Gasteiger partial charge in [0.25, 0.3) is 0 Å². The fourth-order valence-corrected chi connectivity index (χ4v) is 2.81. The summed E-state index contributed by atoms with van der Waals surface area (Å²) in [5, 5.41) is 8.94. The summed E-state index contributed by atoms with van der Waals surface area (Å²) in [6.45, 7) is 3.88. The van der Waals surface area contributed by atoms with Crippen LogP contribution in [0.25, 0.3) is 0 Å². The number of hydrogen-bond acceptors (Lipinski definition) is 3. The van der Waals surface area contributed by atoms with E-state index in [1.165, 1.54) is 12.1 Å². The molecule has 1 N–H and O–H groups in total. The Morgan fingerprint density at radius 2 is 1.86 bits per heavy atom. The Labute approximate surface area is 128 Å². The van der Waals surface area contributed by atoms with Gasteiger partial charge < -0.3 is 9.84 Å². The molecule has 0 bridgehead atoms. The number of hydrogen-bond donors (Lipinski definition) is 1. The zero-order valence-corrected chi connectivity index (χ0v) is 12.4. The lowest BCUT2D eigenvalue weighted by Crippen LogP contribution is -2.21. The Balaban J connectivity index is 1.95. The number of carbonyl (C=O) groups is 2. The SMILES string of the molecule is Cc1cc(C)c2c(c1)C(=O)CC(c1ccc(C(=O)O)cc1)O2. The molecule has 1 heterocycles. The van der Waals surface area contributed by atoms with E-state index in [-0.39, 0.29) is 23.9 Å². The molecule has 0 amide bonds. The monoisotopic (exact) mass is 296 g/mol. The van der Waals surface area contributed by atoms with Crippen molar-refractivity contribution in [3.05, 3.63) is 64.2 Å². The molecule has 1 aliphatic rings. The van der Waals surface area contributed by atoms with E-state index >= 15 is 0 Å². The molecule has 0 spiro atoms. The molecule has 4 heteroatoms. The lowest BCUT2D eigenvalue weighted by Gasteiger charge is -2.27. The Morgan fingerprint density at radius 3 is 2.50 bits per heavy atom. The van der Waals surface area contributed by atoms with E-state index in [0.717, 1.165) is 16.7 Å². The number of benzene rings is 2. The van der Waals surface area contributed by atoms with Gasteiger partial charge in [-0.3, -0.25) is 4.79 Å². The summed E-state index contributed by atoms with van der Waals surface area (Å²) in [7, 11) is 0. The third kappa shape index (κ3) is 2.48. The second-order valence-electron chi connectivity index (χ2n) is 5.62. The molecule has 22 heavy (non-hydrogen) atoms. The predicted molar refractivity (Wildman–Crippen MR) is 81.6 cm³/mol. The smallest absolute Gasteiger partial charge is 0.335 e. The van der Waals surface area contributed by atoms with Crippen LogP contribution in [0.1, 0.15) is 49.9 Å². The van der Waals surface area contributed by atoms with Gasteiger partial charge in [-0.05, 0) is 48.7 Å². The fraction of sp³-hybridized carbons (Fsp3) is 0.222. The van der Waals surface area contributed by atoms with Crippen molar-refractivity contribution in [1.82, 2.24) is 0 Å². The lowest BCUT2D eigenvalue weighted by molar-refractivity contribution is 0.0695. The quantitative estimate of drug-likeness (QED) is 0.917. The minimum Gasteiger partial charge on any atom is -0.484 e. The molecule has 4 nitrogen and oxygen atoms in total. The van der Waals surface area contributed by atoms with E-state index in [4.69, 9.17) is 9.84 Å². The van der Waals surface area contributed by atoms with Crippen molar-refractivity contribution in [1.29, 1.82) is 0 Å². The van der Waals surface area contributed by atoms with Crippen molar-refractivity contribution in [3.8, 4) is 5.75 Å². The highest BCUT2D eigenvalue weighted by Crippen LogP contribution is 2.37. The zero-order valence-electron chi connectivity index (χ0n) is 12.4. The minimum absolute atomic E-state index is 0.0559. The average Bonchev–Trinajstić information content (AvgIpc) is 2.48. The average molecular weight is 296 g/mol. The molecule has 2 aromatic carbocycles. The van der Waals surface area contributed by atoms with E-state index in [1.54, 1.807) is 12.1 Å². The maximum absolute atomic E-state index is 12.4. The summed E-state index contributed by atoms with van der Waals surface area (Å²) in [6, 6.07) is 10.3. The molecule has 0 saturated carbocycles. The molecule has 0 aliphatic carbocycles. The van der Waals surface area contributed by atoms with Crippen molar-refractivity contribution in [2.24, 2.45) is 0 Å². The molecule has 112 valence electrons. The molecule has 0 aromatic heterocycles. The van der Waals surface area contributed by atoms with Gasteiger partial charge in [0.2, 0.25) is 0 Å². The van der Waals surface area contributed by atoms with Crippen molar-refractivity contribution in [2.75, 3.05) is 0 Å². The van der Waals surface area contributed by atoms with Crippen LogP contribution in [0.2, 0.25) is 0 Å². The van der Waals surface area contributed by atoms with Gasteiger partial charge in [0, 0.05) is 0 Å². The maximum Gasteiger partial charge on any atom is 0.335 e. The molecule has 2 aromatic rings. The van der Waals surface area contributed by atoms with Crippen LogP contribution in [0.15, 0.2) is 36.4 Å². The first kappa shape index (κ1) is 14.3. The summed E-state index contributed by atoms with van der Waals surface area (Å²) in [4.78, 5) is 23.3. The number of fused-ring (bicyclic) bond motifs is 1. The van der Waals surface area contributed by atoms with Crippen LogP contribution >= 0.6 is 0 Å².